The first-order chi connectivity index (χ1) is 8.11. The number of carbonyl (C=O) groups is 1. The number of carboxylic acid groups (broad SMARTS) is 1. The van der Waals surface area contributed by atoms with Gasteiger partial charge in [0.2, 0.25) is 0 Å². The van der Waals surface area contributed by atoms with Crippen molar-refractivity contribution in [3.8, 4) is 16.9 Å². The fraction of sp³-hybridized carbons (Fsp3) is 0.0833. The average molecular weight is 235 g/mol. The normalized spacial score (nSPS) is 10.2. The molecule has 0 spiro atoms. The van der Waals surface area contributed by atoms with Crippen LogP contribution in [0.4, 0.5) is 4.39 Å². The topological polar surface area (TPSA) is 62.3 Å². The second-order valence-corrected chi connectivity index (χ2v) is 3.45. The van der Waals surface area contributed by atoms with Crippen molar-refractivity contribution in [2.75, 3.05) is 7.11 Å². The van der Waals surface area contributed by atoms with Crippen LogP contribution in [-0.4, -0.2) is 23.2 Å². The number of aromatic carboxylic acids is 1. The first-order valence-corrected chi connectivity index (χ1v) is 4.87. The van der Waals surface area contributed by atoms with Crippen LogP contribution in [0, 0.1) is 5.82 Å². The van der Waals surface area contributed by atoms with Crippen molar-refractivity contribution in [2.45, 2.75) is 0 Å². The van der Waals surface area contributed by atoms with Crippen LogP contribution < -0.4 is 4.74 Å². The van der Waals surface area contributed by atoms with Gasteiger partial charge in [-0.25, -0.2) is 9.18 Å². The van der Waals surface area contributed by atoms with E-state index in [0.717, 1.165) is 0 Å². The summed E-state index contributed by atoms with van der Waals surface area (Å²) in [6.07, 6.45) is 1.54. The summed E-state index contributed by atoms with van der Waals surface area (Å²) in [4.78, 5) is 13.4. The van der Waals surface area contributed by atoms with Crippen LogP contribution in [0.25, 0.3) is 11.1 Å². The Hall–Kier alpha value is -2.30. The monoisotopic (exact) mass is 235 g/mol. The van der Waals surface area contributed by atoms with Crippen LogP contribution in [0.3, 0.4) is 0 Å². The van der Waals surface area contributed by atoms with Crippen LogP contribution >= 0.6 is 0 Å². The molecule has 1 aromatic carbocycles. The number of hydrogen-bond acceptors (Lipinski definition) is 2. The molecule has 0 amide bonds. The van der Waals surface area contributed by atoms with E-state index in [9.17, 15) is 9.18 Å². The summed E-state index contributed by atoms with van der Waals surface area (Å²) in [5, 5.41) is 8.79. The van der Waals surface area contributed by atoms with Crippen LogP contribution in [-0.2, 0) is 0 Å². The maximum atomic E-state index is 13.0. The van der Waals surface area contributed by atoms with Crippen molar-refractivity contribution in [2.24, 2.45) is 0 Å². The van der Waals surface area contributed by atoms with E-state index >= 15 is 0 Å². The molecule has 0 saturated carbocycles. The standard InChI is InChI=1S/C12H10FNO3/c1-17-11-5-8(13)2-3-9(11)7-4-10(12(15)16)14-6-7/h2-6,14H,1H3,(H,15,16). The van der Waals surface area contributed by atoms with E-state index in [2.05, 4.69) is 4.98 Å². The molecule has 0 saturated heterocycles. The zero-order valence-electron chi connectivity index (χ0n) is 9.03. The van der Waals surface area contributed by atoms with Crippen molar-refractivity contribution in [3.63, 3.8) is 0 Å². The molecule has 0 bridgehead atoms. The van der Waals surface area contributed by atoms with Gasteiger partial charge in [0, 0.05) is 23.4 Å². The van der Waals surface area contributed by atoms with E-state index in [0.29, 0.717) is 16.9 Å². The molecule has 0 radical (unpaired) electrons. The number of benzene rings is 1. The maximum Gasteiger partial charge on any atom is 0.352 e. The lowest BCUT2D eigenvalue weighted by molar-refractivity contribution is 0.0691. The third-order valence-corrected chi connectivity index (χ3v) is 2.39. The van der Waals surface area contributed by atoms with Gasteiger partial charge in [-0.05, 0) is 18.2 Å². The summed E-state index contributed by atoms with van der Waals surface area (Å²) < 4.78 is 18.1. The zero-order valence-corrected chi connectivity index (χ0v) is 9.03. The molecule has 2 aromatic rings. The highest BCUT2D eigenvalue weighted by Crippen LogP contribution is 2.30. The Morgan fingerprint density at radius 2 is 2.18 bits per heavy atom. The van der Waals surface area contributed by atoms with E-state index < -0.39 is 11.8 Å². The van der Waals surface area contributed by atoms with Gasteiger partial charge in [-0.15, -0.1) is 0 Å². The van der Waals surface area contributed by atoms with Gasteiger partial charge in [-0.3, -0.25) is 0 Å². The van der Waals surface area contributed by atoms with Gasteiger partial charge in [0.15, 0.2) is 0 Å². The number of carboxylic acids is 1. The Bertz CT molecular complexity index is 563. The summed E-state index contributed by atoms with van der Waals surface area (Å²) in [5.41, 5.74) is 1.35. The SMILES string of the molecule is COc1cc(F)ccc1-c1c[nH]c(C(=O)O)c1. The second kappa shape index (κ2) is 4.29. The maximum absolute atomic E-state index is 13.0. The van der Waals surface area contributed by atoms with Crippen LogP contribution in [0.5, 0.6) is 5.75 Å². The summed E-state index contributed by atoms with van der Waals surface area (Å²) >= 11 is 0. The molecule has 2 rings (SSSR count). The van der Waals surface area contributed by atoms with Crippen LogP contribution in [0.15, 0.2) is 30.5 Å². The van der Waals surface area contributed by atoms with E-state index in [1.807, 2.05) is 0 Å². The van der Waals surface area contributed by atoms with Crippen molar-refractivity contribution < 1.29 is 19.0 Å². The zero-order chi connectivity index (χ0) is 12.4. The number of aromatic amines is 1. The van der Waals surface area contributed by atoms with Gasteiger partial charge in [-0.1, -0.05) is 0 Å². The molecule has 5 heteroatoms. The number of ether oxygens (including phenoxy) is 1. The average Bonchev–Trinajstić information content (AvgIpc) is 2.78. The predicted molar refractivity (Wildman–Crippen MR) is 59.7 cm³/mol. The van der Waals surface area contributed by atoms with Crippen molar-refractivity contribution in [1.82, 2.24) is 4.98 Å². The Kier molecular flexibility index (Phi) is 2.82. The number of aromatic nitrogens is 1. The summed E-state index contributed by atoms with van der Waals surface area (Å²) in [7, 11) is 1.43. The summed E-state index contributed by atoms with van der Waals surface area (Å²) in [6.45, 7) is 0. The molecule has 0 fully saturated rings. The third kappa shape index (κ3) is 2.13. The van der Waals surface area contributed by atoms with E-state index in [4.69, 9.17) is 9.84 Å². The molecule has 0 unspecified atom stereocenters. The number of halogens is 1. The largest absolute Gasteiger partial charge is 0.496 e. The summed E-state index contributed by atoms with van der Waals surface area (Å²) in [5.74, 6) is -1.09. The number of nitrogens with one attached hydrogen (secondary N) is 1. The van der Waals surface area contributed by atoms with E-state index in [-0.39, 0.29) is 5.69 Å². The highest BCUT2D eigenvalue weighted by atomic mass is 19.1. The van der Waals surface area contributed by atoms with Crippen molar-refractivity contribution in [3.05, 3.63) is 42.0 Å². The highest BCUT2D eigenvalue weighted by molar-refractivity contribution is 5.88. The molecule has 2 N–H and O–H groups in total. The minimum Gasteiger partial charge on any atom is -0.496 e. The highest BCUT2D eigenvalue weighted by Gasteiger charge is 2.11. The van der Waals surface area contributed by atoms with Gasteiger partial charge >= 0.3 is 5.97 Å². The summed E-state index contributed by atoms with van der Waals surface area (Å²) in [6, 6.07) is 5.56. The molecule has 1 aromatic heterocycles. The van der Waals surface area contributed by atoms with Gasteiger partial charge in [0.25, 0.3) is 0 Å². The van der Waals surface area contributed by atoms with Gasteiger partial charge in [0.1, 0.15) is 17.3 Å². The molecule has 0 aliphatic carbocycles. The molecular weight excluding hydrogens is 225 g/mol. The fourth-order valence-corrected chi connectivity index (χ4v) is 1.58. The Morgan fingerprint density at radius 3 is 2.76 bits per heavy atom. The van der Waals surface area contributed by atoms with Crippen LogP contribution in [0.2, 0.25) is 0 Å². The fourth-order valence-electron chi connectivity index (χ4n) is 1.58. The lowest BCUT2D eigenvalue weighted by Crippen LogP contribution is -1.94. The minimum atomic E-state index is -1.04. The minimum absolute atomic E-state index is 0.0754. The quantitative estimate of drug-likeness (QED) is 0.859. The molecular formula is C12H10FNO3. The van der Waals surface area contributed by atoms with Crippen molar-refractivity contribution >= 4 is 5.97 Å². The number of H-pyrrole nitrogens is 1. The Labute approximate surface area is 96.7 Å². The lowest BCUT2D eigenvalue weighted by atomic mass is 10.1. The van der Waals surface area contributed by atoms with Crippen molar-refractivity contribution in [1.29, 1.82) is 0 Å². The third-order valence-electron chi connectivity index (χ3n) is 2.39. The molecule has 0 atom stereocenters. The number of methoxy groups -OCH3 is 1. The molecule has 0 aliphatic heterocycles. The Balaban J connectivity index is 2.48. The molecule has 88 valence electrons. The molecule has 0 aliphatic rings. The predicted octanol–water partition coefficient (Wildman–Crippen LogP) is 2.53. The number of hydrogen-bond donors (Lipinski definition) is 2. The van der Waals surface area contributed by atoms with Gasteiger partial charge in [-0.2, -0.15) is 0 Å². The van der Waals surface area contributed by atoms with Gasteiger partial charge < -0.3 is 14.8 Å². The van der Waals surface area contributed by atoms with E-state index in [1.54, 1.807) is 12.3 Å². The Morgan fingerprint density at radius 1 is 1.41 bits per heavy atom. The smallest absolute Gasteiger partial charge is 0.352 e. The first-order valence-electron chi connectivity index (χ1n) is 4.87. The molecule has 17 heavy (non-hydrogen) atoms. The number of rotatable bonds is 3. The first kappa shape index (κ1) is 11.2. The van der Waals surface area contributed by atoms with Gasteiger partial charge in [0.05, 0.1) is 7.11 Å². The second-order valence-electron chi connectivity index (χ2n) is 3.45. The van der Waals surface area contributed by atoms with Crippen LogP contribution in [0.1, 0.15) is 10.5 Å². The molecule has 1 heterocycles. The van der Waals surface area contributed by atoms with E-state index in [1.165, 1.54) is 25.3 Å². The lowest BCUT2D eigenvalue weighted by Gasteiger charge is -2.06. The molecule has 4 nitrogen and oxygen atoms in total.